The maximum absolute atomic E-state index is 14.7. The molecule has 1 aromatic rings. The third kappa shape index (κ3) is 12.1. The Labute approximate surface area is 353 Å². The molecular weight excluding hydrogens is 753 g/mol. The molecule has 0 fully saturated rings. The van der Waals surface area contributed by atoms with Crippen LogP contribution in [-0.4, -0.2) is 92.0 Å². The summed E-state index contributed by atoms with van der Waals surface area (Å²) in [5.74, 6) is -0.827. The Hall–Kier alpha value is -3.87. The minimum Gasteiger partial charge on any atom is -0.464 e. The Morgan fingerprint density at radius 2 is 1.29 bits per heavy atom. The number of hydrogen-bond donors (Lipinski definition) is 3. The summed E-state index contributed by atoms with van der Waals surface area (Å²) in [6.45, 7) is 36.7. The number of carbonyl (C=O) groups excluding carboxylic acids is 5. The summed E-state index contributed by atoms with van der Waals surface area (Å²) in [6, 6.07) is -0.509. The summed E-state index contributed by atoms with van der Waals surface area (Å²) in [6.07, 6.45) is 2.48. The molecule has 0 saturated carbocycles. The number of aromatic amines is 1. The van der Waals surface area contributed by atoms with Crippen molar-refractivity contribution >= 4 is 59.1 Å². The quantitative estimate of drug-likeness (QED) is 0.105. The number of amides is 4. The van der Waals surface area contributed by atoms with Gasteiger partial charge in [-0.05, 0) is 112 Å². The molecule has 4 amide bonds. The standard InChI is InChI=1S/C45H74N6O6S/c1-20-45(18,19)43(56)57-21-22-58-30(14)39(52)48-37-35(40(53)50(26(6)7)27(8)9)33(24(2)3)31(46-37)23-32-34(25(4)5)36(41(54)51(28(10)11)29(12)13)38(47-32)49-42(55)44(15,16)17/h23-30,46H,20-22H2,1-19H3,(H,48,52)(H,47,49,55). The van der Waals surface area contributed by atoms with Gasteiger partial charge in [0.15, 0.2) is 0 Å². The van der Waals surface area contributed by atoms with E-state index in [-0.39, 0.29) is 83.9 Å². The highest BCUT2D eigenvalue weighted by Crippen LogP contribution is 2.39. The van der Waals surface area contributed by atoms with Gasteiger partial charge >= 0.3 is 5.97 Å². The monoisotopic (exact) mass is 827 g/mol. The van der Waals surface area contributed by atoms with E-state index >= 15 is 0 Å². The smallest absolute Gasteiger partial charge is 0.311 e. The zero-order chi connectivity index (χ0) is 44.8. The van der Waals surface area contributed by atoms with E-state index in [9.17, 15) is 24.0 Å². The first kappa shape index (κ1) is 50.3. The fourth-order valence-electron chi connectivity index (χ4n) is 6.88. The van der Waals surface area contributed by atoms with Crippen molar-refractivity contribution in [3.63, 3.8) is 0 Å². The molecule has 1 aromatic heterocycles. The molecule has 1 unspecified atom stereocenters. The Kier molecular flexibility index (Phi) is 17.7. The number of rotatable bonds is 17. The molecular formula is C45H74N6O6S. The largest absolute Gasteiger partial charge is 0.464 e. The lowest BCUT2D eigenvalue weighted by molar-refractivity contribution is -0.153. The Bertz CT molecular complexity index is 1760. The lowest BCUT2D eigenvalue weighted by Gasteiger charge is -2.32. The number of aliphatic imine (C=N–C) groups is 1. The van der Waals surface area contributed by atoms with Crippen LogP contribution in [0.25, 0.3) is 6.08 Å². The highest BCUT2D eigenvalue weighted by Gasteiger charge is 2.38. The van der Waals surface area contributed by atoms with Crippen molar-refractivity contribution in [2.75, 3.05) is 17.7 Å². The van der Waals surface area contributed by atoms with Crippen LogP contribution in [0.5, 0.6) is 0 Å². The molecule has 0 radical (unpaired) electrons. The van der Waals surface area contributed by atoms with Crippen molar-refractivity contribution in [2.45, 2.75) is 173 Å². The number of nitrogens with zero attached hydrogens (tertiary/aromatic N) is 3. The van der Waals surface area contributed by atoms with Gasteiger partial charge < -0.3 is 30.2 Å². The van der Waals surface area contributed by atoms with E-state index in [1.165, 1.54) is 11.8 Å². The first-order valence-corrected chi connectivity index (χ1v) is 22.0. The van der Waals surface area contributed by atoms with E-state index in [2.05, 4.69) is 15.6 Å². The van der Waals surface area contributed by atoms with E-state index < -0.39 is 16.1 Å². The SMILES string of the molecule is CCC(C)(C)C(=O)OCCSC(C)C(=O)Nc1[nH]c(C=C2N=C(NC(=O)C(C)(C)C)C(C(=O)N(C(C)C)C(C)C)=C2C(C)C)c(C(C)C)c1C(=O)N(C(C)C)C(C)C. The first-order chi connectivity index (χ1) is 26.6. The number of esters is 1. The molecule has 0 aliphatic carbocycles. The summed E-state index contributed by atoms with van der Waals surface area (Å²) in [7, 11) is 0. The molecule has 2 heterocycles. The number of thioether (sulfide) groups is 1. The molecule has 1 aliphatic heterocycles. The highest BCUT2D eigenvalue weighted by molar-refractivity contribution is 8.00. The third-order valence-corrected chi connectivity index (χ3v) is 11.4. The third-order valence-electron chi connectivity index (χ3n) is 10.3. The van der Waals surface area contributed by atoms with Crippen molar-refractivity contribution in [3.8, 4) is 0 Å². The Balaban J connectivity index is 2.87. The average molecular weight is 827 g/mol. The minimum absolute atomic E-state index is 0.120. The van der Waals surface area contributed by atoms with Crippen LogP contribution in [0.3, 0.4) is 0 Å². The number of aromatic nitrogens is 1. The number of nitrogens with one attached hydrogen (secondary N) is 3. The van der Waals surface area contributed by atoms with E-state index in [4.69, 9.17) is 9.73 Å². The lowest BCUT2D eigenvalue weighted by atomic mass is 9.91. The molecule has 1 atom stereocenters. The first-order valence-electron chi connectivity index (χ1n) is 21.0. The van der Waals surface area contributed by atoms with Gasteiger partial charge in [-0.1, -0.05) is 55.4 Å². The molecule has 0 bridgehead atoms. The molecule has 326 valence electrons. The van der Waals surface area contributed by atoms with Crippen LogP contribution < -0.4 is 10.6 Å². The molecule has 2 rings (SSSR count). The van der Waals surface area contributed by atoms with Gasteiger partial charge in [-0.2, -0.15) is 0 Å². The van der Waals surface area contributed by atoms with Crippen LogP contribution in [0.2, 0.25) is 0 Å². The Morgan fingerprint density at radius 3 is 1.74 bits per heavy atom. The van der Waals surface area contributed by atoms with Gasteiger partial charge in [-0.3, -0.25) is 24.0 Å². The van der Waals surface area contributed by atoms with Crippen molar-refractivity contribution in [3.05, 3.63) is 33.7 Å². The van der Waals surface area contributed by atoms with Crippen LogP contribution in [0.15, 0.2) is 21.8 Å². The van der Waals surface area contributed by atoms with Crippen molar-refractivity contribution in [1.82, 2.24) is 20.1 Å². The van der Waals surface area contributed by atoms with Gasteiger partial charge in [0, 0.05) is 41.0 Å². The molecule has 0 aromatic carbocycles. The minimum atomic E-state index is -0.756. The number of ether oxygens (including phenoxy) is 1. The predicted octanol–water partition coefficient (Wildman–Crippen LogP) is 8.95. The molecule has 58 heavy (non-hydrogen) atoms. The zero-order valence-corrected chi connectivity index (χ0v) is 39.8. The van der Waals surface area contributed by atoms with Crippen LogP contribution in [0.1, 0.15) is 166 Å². The van der Waals surface area contributed by atoms with Crippen LogP contribution in [-0.2, 0) is 23.9 Å². The van der Waals surface area contributed by atoms with E-state index in [1.54, 1.807) is 37.5 Å². The van der Waals surface area contributed by atoms with Crippen LogP contribution in [0, 0.1) is 16.7 Å². The van der Waals surface area contributed by atoms with E-state index in [0.29, 0.717) is 45.8 Å². The van der Waals surface area contributed by atoms with Gasteiger partial charge in [0.05, 0.1) is 27.5 Å². The molecule has 1 aliphatic rings. The summed E-state index contributed by atoms with van der Waals surface area (Å²) >= 11 is 1.35. The summed E-state index contributed by atoms with van der Waals surface area (Å²) in [4.78, 5) is 81.0. The Morgan fingerprint density at radius 1 is 0.776 bits per heavy atom. The number of carbonyl (C=O) groups is 5. The van der Waals surface area contributed by atoms with Crippen molar-refractivity contribution < 1.29 is 28.7 Å². The normalized spacial score (nSPS) is 15.0. The van der Waals surface area contributed by atoms with Gasteiger partial charge in [0.2, 0.25) is 11.8 Å². The molecule has 0 saturated heterocycles. The molecule has 13 heteroatoms. The number of anilines is 1. The van der Waals surface area contributed by atoms with Gasteiger partial charge in [0.1, 0.15) is 18.3 Å². The summed E-state index contributed by atoms with van der Waals surface area (Å²) in [5, 5.41) is 5.47. The molecule has 3 N–H and O–H groups in total. The summed E-state index contributed by atoms with van der Waals surface area (Å²) < 4.78 is 5.49. The van der Waals surface area contributed by atoms with E-state index in [1.807, 2.05) is 110 Å². The maximum atomic E-state index is 14.7. The zero-order valence-electron chi connectivity index (χ0n) is 38.9. The number of allylic oxidation sites excluding steroid dienone is 1. The number of amidine groups is 1. The average Bonchev–Trinajstić information content (AvgIpc) is 3.62. The predicted molar refractivity (Wildman–Crippen MR) is 239 cm³/mol. The number of H-pyrrole nitrogens is 1. The van der Waals surface area contributed by atoms with Gasteiger partial charge in [-0.15, -0.1) is 11.8 Å². The second-order valence-corrected chi connectivity index (χ2v) is 20.1. The topological polar surface area (TPSA) is 153 Å². The van der Waals surface area contributed by atoms with Crippen LogP contribution >= 0.6 is 11.8 Å². The highest BCUT2D eigenvalue weighted by atomic mass is 32.2. The molecule has 12 nitrogen and oxygen atoms in total. The number of hydrogen-bond acceptors (Lipinski definition) is 8. The fraction of sp³-hybridized carbons (Fsp3) is 0.689. The molecule has 0 spiro atoms. The maximum Gasteiger partial charge on any atom is 0.311 e. The fourth-order valence-corrected chi connectivity index (χ4v) is 7.62. The van der Waals surface area contributed by atoms with Crippen molar-refractivity contribution in [1.29, 1.82) is 0 Å². The lowest BCUT2D eigenvalue weighted by Crippen LogP contribution is -2.47. The second-order valence-electron chi connectivity index (χ2n) is 18.7. The summed E-state index contributed by atoms with van der Waals surface area (Å²) in [5.41, 5.74) is 1.75. The second kappa shape index (κ2) is 20.4. The van der Waals surface area contributed by atoms with Crippen LogP contribution in [0.4, 0.5) is 5.82 Å². The van der Waals surface area contributed by atoms with E-state index in [0.717, 1.165) is 0 Å². The van der Waals surface area contributed by atoms with Crippen molar-refractivity contribution in [2.24, 2.45) is 21.7 Å². The van der Waals surface area contributed by atoms with Gasteiger partial charge in [0.25, 0.3) is 11.8 Å². The van der Waals surface area contributed by atoms with Gasteiger partial charge in [-0.25, -0.2) is 4.99 Å².